The summed E-state index contributed by atoms with van der Waals surface area (Å²) in [7, 11) is 1.69. The van der Waals surface area contributed by atoms with Crippen LogP contribution in [-0.4, -0.2) is 48.2 Å². The Bertz CT molecular complexity index is 943. The number of fused-ring (bicyclic) bond motifs is 1. The van der Waals surface area contributed by atoms with Gasteiger partial charge in [-0.25, -0.2) is 4.98 Å². The highest BCUT2D eigenvalue weighted by atomic mass is 35.5. The normalized spacial score (nSPS) is 15.5. The first-order valence-electron chi connectivity index (χ1n) is 10.6. The number of ether oxygens (including phenoxy) is 2. The van der Waals surface area contributed by atoms with Gasteiger partial charge < -0.3 is 9.47 Å². The fourth-order valence-corrected chi connectivity index (χ4v) is 4.95. The zero-order chi connectivity index (χ0) is 20.8. The topological polar surface area (TPSA) is 47.5 Å². The quantitative estimate of drug-likeness (QED) is 0.437. The Morgan fingerprint density at radius 2 is 2.10 bits per heavy atom. The Morgan fingerprint density at radius 1 is 1.23 bits per heavy atom. The Balaban J connectivity index is 1.23. The van der Waals surface area contributed by atoms with Crippen LogP contribution in [0.1, 0.15) is 31.2 Å². The van der Waals surface area contributed by atoms with Crippen molar-refractivity contribution in [2.75, 3.05) is 33.4 Å². The van der Waals surface area contributed by atoms with Crippen LogP contribution in [0.2, 0.25) is 5.02 Å². The molecule has 0 unspecified atom stereocenters. The van der Waals surface area contributed by atoms with Crippen LogP contribution >= 0.6 is 22.9 Å². The van der Waals surface area contributed by atoms with Gasteiger partial charge in [0.05, 0.1) is 17.6 Å². The van der Waals surface area contributed by atoms with E-state index < -0.39 is 0 Å². The maximum atomic E-state index is 6.50. The lowest BCUT2D eigenvalue weighted by atomic mass is 9.90. The molecule has 5 nitrogen and oxygen atoms in total. The van der Waals surface area contributed by atoms with Crippen molar-refractivity contribution in [1.29, 1.82) is 0 Å². The first kappa shape index (κ1) is 21.3. The van der Waals surface area contributed by atoms with Crippen molar-refractivity contribution in [1.82, 2.24) is 14.9 Å². The molecule has 30 heavy (non-hydrogen) atoms. The second kappa shape index (κ2) is 10.4. The maximum Gasteiger partial charge on any atom is 0.273 e. The molecule has 0 spiro atoms. The summed E-state index contributed by atoms with van der Waals surface area (Å²) in [4.78, 5) is 11.1. The van der Waals surface area contributed by atoms with E-state index in [-0.39, 0.29) is 0 Å². The Kier molecular flexibility index (Phi) is 7.42. The predicted octanol–water partition coefficient (Wildman–Crippen LogP) is 5.47. The number of methoxy groups -OCH3 is 1. The average Bonchev–Trinajstić information content (AvgIpc) is 3.29. The fourth-order valence-electron chi connectivity index (χ4n) is 4.19. The molecule has 0 atom stereocenters. The van der Waals surface area contributed by atoms with Gasteiger partial charge in [-0.05, 0) is 68.5 Å². The molecule has 4 rings (SSSR count). The Hall–Kier alpha value is -1.89. The van der Waals surface area contributed by atoms with Crippen molar-refractivity contribution in [3.05, 3.63) is 46.6 Å². The van der Waals surface area contributed by atoms with Crippen LogP contribution in [0.3, 0.4) is 0 Å². The average molecular weight is 446 g/mol. The highest BCUT2D eigenvalue weighted by Gasteiger charge is 2.19. The number of halogens is 1. The number of aryl methyl sites for hydroxylation is 1. The van der Waals surface area contributed by atoms with Crippen LogP contribution in [0, 0.1) is 5.92 Å². The summed E-state index contributed by atoms with van der Waals surface area (Å²) >= 11 is 8.05. The molecule has 0 saturated carbocycles. The predicted molar refractivity (Wildman–Crippen MR) is 123 cm³/mol. The molecule has 1 aliphatic heterocycles. The van der Waals surface area contributed by atoms with Gasteiger partial charge in [-0.15, -0.1) is 0 Å². The molecule has 0 N–H and O–H groups in total. The van der Waals surface area contributed by atoms with E-state index in [2.05, 4.69) is 20.9 Å². The largest absolute Gasteiger partial charge is 0.497 e. The molecule has 1 aliphatic rings. The molecule has 0 radical (unpaired) electrons. The van der Waals surface area contributed by atoms with E-state index in [0.29, 0.717) is 0 Å². The second-order valence-corrected chi connectivity index (χ2v) is 9.06. The van der Waals surface area contributed by atoms with E-state index in [1.54, 1.807) is 30.8 Å². The summed E-state index contributed by atoms with van der Waals surface area (Å²) < 4.78 is 11.1. The van der Waals surface area contributed by atoms with E-state index in [0.717, 1.165) is 71.9 Å². The number of hydrogen-bond acceptors (Lipinski definition) is 6. The molecule has 7 heteroatoms. The van der Waals surface area contributed by atoms with E-state index in [4.69, 9.17) is 21.1 Å². The number of hydrogen-bond donors (Lipinski definition) is 0. The minimum Gasteiger partial charge on any atom is -0.497 e. The minimum atomic E-state index is 0.718. The van der Waals surface area contributed by atoms with Gasteiger partial charge in [0.2, 0.25) is 0 Å². The second-order valence-electron chi connectivity index (χ2n) is 7.79. The molecular weight excluding hydrogens is 418 g/mol. The van der Waals surface area contributed by atoms with Crippen molar-refractivity contribution >= 4 is 33.8 Å². The highest BCUT2D eigenvalue weighted by molar-refractivity contribution is 7.11. The third-order valence-corrected chi connectivity index (χ3v) is 6.93. The van der Waals surface area contributed by atoms with Crippen molar-refractivity contribution in [2.45, 2.75) is 32.1 Å². The lowest BCUT2D eigenvalue weighted by Crippen LogP contribution is -2.36. The van der Waals surface area contributed by atoms with Crippen LogP contribution in [0.5, 0.6) is 10.9 Å². The number of rotatable bonds is 9. The van der Waals surface area contributed by atoms with Crippen molar-refractivity contribution < 1.29 is 9.47 Å². The first-order chi connectivity index (χ1) is 14.7. The SMILES string of the molecule is COc1ccc2ncc(Cl)c(CCCC3CCN(CCOc4nccs4)CC3)c2c1. The lowest BCUT2D eigenvalue weighted by Gasteiger charge is -2.31. The van der Waals surface area contributed by atoms with Crippen molar-refractivity contribution in [2.24, 2.45) is 5.92 Å². The summed E-state index contributed by atoms with van der Waals surface area (Å²) in [6.45, 7) is 4.01. The summed E-state index contributed by atoms with van der Waals surface area (Å²) in [6, 6.07) is 6.00. The highest BCUT2D eigenvalue weighted by Crippen LogP contribution is 2.30. The maximum absolute atomic E-state index is 6.50. The third-order valence-electron chi connectivity index (χ3n) is 5.92. The van der Waals surface area contributed by atoms with Gasteiger partial charge in [-0.1, -0.05) is 29.4 Å². The Labute approximate surface area is 187 Å². The molecule has 2 aromatic heterocycles. The number of pyridine rings is 1. The van der Waals surface area contributed by atoms with Crippen LogP contribution in [0.4, 0.5) is 0 Å². The molecule has 1 fully saturated rings. The van der Waals surface area contributed by atoms with Gasteiger partial charge >= 0.3 is 0 Å². The summed E-state index contributed by atoms with van der Waals surface area (Å²) in [5.74, 6) is 1.64. The van der Waals surface area contributed by atoms with E-state index in [1.807, 2.05) is 17.5 Å². The van der Waals surface area contributed by atoms with Gasteiger partial charge in [-0.2, -0.15) is 0 Å². The molecule has 160 valence electrons. The number of likely N-dealkylation sites (tertiary alicyclic amines) is 1. The number of aromatic nitrogens is 2. The van der Waals surface area contributed by atoms with Gasteiger partial charge in [0, 0.05) is 29.7 Å². The van der Waals surface area contributed by atoms with Crippen LogP contribution in [0.15, 0.2) is 36.0 Å². The summed E-state index contributed by atoms with van der Waals surface area (Å²) in [5, 5.41) is 4.58. The number of thiazole rings is 1. The molecular formula is C23H28ClN3O2S. The molecule has 3 heterocycles. The number of benzene rings is 1. The molecule has 3 aromatic rings. The Morgan fingerprint density at radius 3 is 2.87 bits per heavy atom. The number of piperidine rings is 1. The fraction of sp³-hybridized carbons (Fsp3) is 0.478. The molecule has 1 aromatic carbocycles. The zero-order valence-electron chi connectivity index (χ0n) is 17.3. The van der Waals surface area contributed by atoms with Crippen molar-refractivity contribution in [3.8, 4) is 10.9 Å². The molecule has 0 bridgehead atoms. The smallest absolute Gasteiger partial charge is 0.273 e. The number of nitrogens with zero attached hydrogens (tertiary/aromatic N) is 3. The molecule has 0 amide bonds. The zero-order valence-corrected chi connectivity index (χ0v) is 18.9. The first-order valence-corrected chi connectivity index (χ1v) is 11.8. The lowest BCUT2D eigenvalue weighted by molar-refractivity contribution is 0.150. The van der Waals surface area contributed by atoms with Crippen LogP contribution in [-0.2, 0) is 6.42 Å². The third kappa shape index (κ3) is 5.42. The summed E-state index contributed by atoms with van der Waals surface area (Å²) in [6.07, 6.45) is 9.45. The monoisotopic (exact) mass is 445 g/mol. The molecule has 0 aliphatic carbocycles. The van der Waals surface area contributed by atoms with Gasteiger partial charge in [0.15, 0.2) is 0 Å². The standard InChI is InChI=1S/C23H28ClN3O2S/c1-28-18-5-6-22-20(15-18)19(21(24)16-26-22)4-2-3-17-7-10-27(11-8-17)12-13-29-23-25-9-14-30-23/h5-6,9,14-17H,2-4,7-8,10-13H2,1H3. The van der Waals surface area contributed by atoms with E-state index in [9.17, 15) is 0 Å². The molecule has 1 saturated heterocycles. The van der Waals surface area contributed by atoms with E-state index >= 15 is 0 Å². The van der Waals surface area contributed by atoms with Gasteiger partial charge in [0.1, 0.15) is 12.4 Å². The summed E-state index contributed by atoms with van der Waals surface area (Å²) in [5.41, 5.74) is 2.17. The van der Waals surface area contributed by atoms with Crippen molar-refractivity contribution in [3.63, 3.8) is 0 Å². The van der Waals surface area contributed by atoms with Crippen LogP contribution < -0.4 is 9.47 Å². The van der Waals surface area contributed by atoms with E-state index in [1.165, 1.54) is 24.8 Å². The van der Waals surface area contributed by atoms with Crippen LogP contribution in [0.25, 0.3) is 10.9 Å². The van der Waals surface area contributed by atoms with Gasteiger partial charge in [-0.3, -0.25) is 9.88 Å². The minimum absolute atomic E-state index is 0.718. The van der Waals surface area contributed by atoms with Gasteiger partial charge in [0.25, 0.3) is 5.19 Å².